The molecule has 1 N–H and O–H groups in total. The fourth-order valence-electron chi connectivity index (χ4n) is 4.52. The van der Waals surface area contributed by atoms with E-state index in [2.05, 4.69) is 10.2 Å². The SMILES string of the molecule is O=C(CN1CCCC[C@H]1CN1CCCC1=O)NCC1CCCCC1. The van der Waals surface area contributed by atoms with Gasteiger partial charge in [0.2, 0.25) is 11.8 Å². The van der Waals surface area contributed by atoms with Crippen LogP contribution in [0.5, 0.6) is 0 Å². The van der Waals surface area contributed by atoms with Crippen LogP contribution in [0.3, 0.4) is 0 Å². The zero-order valence-corrected chi connectivity index (χ0v) is 15.0. The summed E-state index contributed by atoms with van der Waals surface area (Å²) in [5, 5.41) is 3.16. The van der Waals surface area contributed by atoms with Gasteiger partial charge in [-0.15, -0.1) is 0 Å². The highest BCUT2D eigenvalue weighted by molar-refractivity contribution is 5.78. The van der Waals surface area contributed by atoms with Crippen LogP contribution in [0.25, 0.3) is 0 Å². The summed E-state index contributed by atoms with van der Waals surface area (Å²) in [5.74, 6) is 1.14. The van der Waals surface area contributed by atoms with E-state index < -0.39 is 0 Å². The second kappa shape index (κ2) is 8.84. The standard InChI is InChI=1S/C19H33N3O2/c23-18(20-13-16-7-2-1-3-8-16)15-21-11-5-4-9-17(21)14-22-12-6-10-19(22)24/h16-17H,1-15H2,(H,20,23)/t17-/m0/s1. The van der Waals surface area contributed by atoms with E-state index in [1.807, 2.05) is 4.90 Å². The molecule has 0 spiro atoms. The van der Waals surface area contributed by atoms with Crippen LogP contribution < -0.4 is 5.32 Å². The molecule has 1 atom stereocenters. The lowest BCUT2D eigenvalue weighted by molar-refractivity contribution is -0.128. The normalized spacial score (nSPS) is 26.8. The van der Waals surface area contributed by atoms with Gasteiger partial charge in [-0.2, -0.15) is 0 Å². The summed E-state index contributed by atoms with van der Waals surface area (Å²) >= 11 is 0. The Kier molecular flexibility index (Phi) is 6.52. The summed E-state index contributed by atoms with van der Waals surface area (Å²) in [7, 11) is 0. The molecule has 3 fully saturated rings. The van der Waals surface area contributed by atoms with Crippen LogP contribution in [-0.4, -0.2) is 60.4 Å². The molecule has 1 aliphatic carbocycles. The molecule has 136 valence electrons. The van der Waals surface area contributed by atoms with Crippen LogP contribution in [0.2, 0.25) is 0 Å². The lowest BCUT2D eigenvalue weighted by Gasteiger charge is -2.37. The number of piperidine rings is 1. The number of nitrogens with one attached hydrogen (secondary N) is 1. The molecule has 5 nitrogen and oxygen atoms in total. The van der Waals surface area contributed by atoms with Gasteiger partial charge < -0.3 is 10.2 Å². The van der Waals surface area contributed by atoms with E-state index >= 15 is 0 Å². The Morgan fingerprint density at radius 3 is 2.54 bits per heavy atom. The predicted molar refractivity (Wildman–Crippen MR) is 94.6 cm³/mol. The van der Waals surface area contributed by atoms with Gasteiger partial charge in [-0.1, -0.05) is 25.7 Å². The number of hydrogen-bond acceptors (Lipinski definition) is 3. The fraction of sp³-hybridized carbons (Fsp3) is 0.895. The van der Waals surface area contributed by atoms with Crippen molar-refractivity contribution in [3.05, 3.63) is 0 Å². The first-order valence-corrected chi connectivity index (χ1v) is 10.0. The summed E-state index contributed by atoms with van der Waals surface area (Å²) in [6.45, 7) is 4.05. The number of rotatable bonds is 6. The molecule has 0 aromatic rings. The fourth-order valence-corrected chi connectivity index (χ4v) is 4.52. The molecule has 2 aliphatic heterocycles. The van der Waals surface area contributed by atoms with E-state index in [0.29, 0.717) is 30.8 Å². The highest BCUT2D eigenvalue weighted by atomic mass is 16.2. The van der Waals surface area contributed by atoms with Crippen LogP contribution in [0.15, 0.2) is 0 Å². The lowest BCUT2D eigenvalue weighted by atomic mass is 9.89. The molecule has 5 heteroatoms. The maximum absolute atomic E-state index is 12.4. The second-order valence-corrected chi connectivity index (χ2v) is 7.87. The van der Waals surface area contributed by atoms with Gasteiger partial charge in [-0.25, -0.2) is 0 Å². The van der Waals surface area contributed by atoms with Crippen molar-refractivity contribution in [2.75, 3.05) is 32.7 Å². The average molecular weight is 335 g/mol. The smallest absolute Gasteiger partial charge is 0.234 e. The van der Waals surface area contributed by atoms with Crippen LogP contribution in [0, 0.1) is 5.92 Å². The third kappa shape index (κ3) is 4.95. The van der Waals surface area contributed by atoms with Gasteiger partial charge in [-0.3, -0.25) is 14.5 Å². The van der Waals surface area contributed by atoms with Crippen molar-refractivity contribution in [3.8, 4) is 0 Å². The Labute approximate surface area is 146 Å². The lowest BCUT2D eigenvalue weighted by Crippen LogP contribution is -2.50. The van der Waals surface area contributed by atoms with E-state index in [-0.39, 0.29) is 5.91 Å². The number of likely N-dealkylation sites (tertiary alicyclic amines) is 2. The Bertz CT molecular complexity index is 434. The van der Waals surface area contributed by atoms with Gasteiger partial charge in [0.15, 0.2) is 0 Å². The van der Waals surface area contributed by atoms with Gasteiger partial charge in [0, 0.05) is 32.1 Å². The van der Waals surface area contributed by atoms with Gasteiger partial charge >= 0.3 is 0 Å². The second-order valence-electron chi connectivity index (χ2n) is 7.87. The molecule has 0 aromatic carbocycles. The topological polar surface area (TPSA) is 52.7 Å². The number of nitrogens with zero attached hydrogens (tertiary/aromatic N) is 2. The van der Waals surface area contributed by atoms with Crippen molar-refractivity contribution in [2.24, 2.45) is 5.92 Å². The largest absolute Gasteiger partial charge is 0.355 e. The molecule has 0 aromatic heterocycles. The van der Waals surface area contributed by atoms with Crippen LogP contribution in [0.1, 0.15) is 64.2 Å². The highest BCUT2D eigenvalue weighted by Crippen LogP contribution is 2.23. The summed E-state index contributed by atoms with van der Waals surface area (Å²) in [4.78, 5) is 28.6. The first-order chi connectivity index (χ1) is 11.7. The maximum Gasteiger partial charge on any atom is 0.234 e. The van der Waals surface area contributed by atoms with E-state index in [1.165, 1.54) is 44.9 Å². The first kappa shape index (κ1) is 17.7. The Balaban J connectivity index is 1.44. The van der Waals surface area contributed by atoms with Gasteiger partial charge in [0.25, 0.3) is 0 Å². The van der Waals surface area contributed by atoms with Crippen LogP contribution in [0.4, 0.5) is 0 Å². The van der Waals surface area contributed by atoms with Crippen LogP contribution >= 0.6 is 0 Å². The molecule has 3 aliphatic rings. The van der Waals surface area contributed by atoms with E-state index in [9.17, 15) is 9.59 Å². The summed E-state index contributed by atoms with van der Waals surface area (Å²) < 4.78 is 0. The summed E-state index contributed by atoms with van der Waals surface area (Å²) in [5.41, 5.74) is 0. The number of amides is 2. The minimum atomic E-state index is 0.167. The molecule has 1 saturated carbocycles. The molecule has 24 heavy (non-hydrogen) atoms. The van der Waals surface area contributed by atoms with Crippen molar-refractivity contribution in [2.45, 2.75) is 70.3 Å². The van der Waals surface area contributed by atoms with Gasteiger partial charge in [-0.05, 0) is 44.6 Å². The Morgan fingerprint density at radius 2 is 1.79 bits per heavy atom. The number of carbonyl (C=O) groups excluding carboxylic acids is 2. The monoisotopic (exact) mass is 335 g/mol. The third-order valence-electron chi connectivity index (χ3n) is 6.01. The highest BCUT2D eigenvalue weighted by Gasteiger charge is 2.29. The number of carbonyl (C=O) groups is 2. The average Bonchev–Trinajstić information content (AvgIpc) is 3.01. The van der Waals surface area contributed by atoms with E-state index in [1.54, 1.807) is 0 Å². The van der Waals surface area contributed by atoms with Gasteiger partial charge in [0.1, 0.15) is 0 Å². The molecule has 2 amide bonds. The molecule has 0 unspecified atom stereocenters. The quantitative estimate of drug-likeness (QED) is 0.809. The molecule has 2 saturated heterocycles. The number of hydrogen-bond donors (Lipinski definition) is 1. The molecular formula is C19H33N3O2. The van der Waals surface area contributed by atoms with Crippen LogP contribution in [-0.2, 0) is 9.59 Å². The minimum absolute atomic E-state index is 0.167. The molecular weight excluding hydrogens is 302 g/mol. The predicted octanol–water partition coefficient (Wildman–Crippen LogP) is 2.16. The van der Waals surface area contributed by atoms with Crippen molar-refractivity contribution in [3.63, 3.8) is 0 Å². The third-order valence-corrected chi connectivity index (χ3v) is 6.01. The molecule has 0 bridgehead atoms. The first-order valence-electron chi connectivity index (χ1n) is 10.0. The van der Waals surface area contributed by atoms with E-state index in [4.69, 9.17) is 0 Å². The zero-order chi connectivity index (χ0) is 16.8. The van der Waals surface area contributed by atoms with Gasteiger partial charge in [0.05, 0.1) is 6.54 Å². The summed E-state index contributed by atoms with van der Waals surface area (Å²) in [6, 6.07) is 0.362. The molecule has 3 rings (SSSR count). The summed E-state index contributed by atoms with van der Waals surface area (Å²) in [6.07, 6.45) is 11.7. The van der Waals surface area contributed by atoms with Crippen molar-refractivity contribution < 1.29 is 9.59 Å². The Morgan fingerprint density at radius 1 is 1.00 bits per heavy atom. The van der Waals surface area contributed by atoms with E-state index in [0.717, 1.165) is 39.0 Å². The van der Waals surface area contributed by atoms with Crippen molar-refractivity contribution >= 4 is 11.8 Å². The molecule has 2 heterocycles. The molecule has 0 radical (unpaired) electrons. The zero-order valence-electron chi connectivity index (χ0n) is 15.0. The Hall–Kier alpha value is -1.10. The van der Waals surface area contributed by atoms with Crippen molar-refractivity contribution in [1.29, 1.82) is 0 Å². The van der Waals surface area contributed by atoms with Crippen molar-refractivity contribution in [1.82, 2.24) is 15.1 Å². The maximum atomic E-state index is 12.4. The minimum Gasteiger partial charge on any atom is -0.355 e.